The first kappa shape index (κ1) is 16.8. The molecule has 0 atom stereocenters. The summed E-state index contributed by atoms with van der Waals surface area (Å²) in [5, 5.41) is 18.8. The van der Waals surface area contributed by atoms with E-state index < -0.39 is 23.9 Å². The topological polar surface area (TPSA) is 99.4 Å². The van der Waals surface area contributed by atoms with Crippen molar-refractivity contribution in [2.75, 3.05) is 0 Å². The number of nitrogens with zero attached hydrogens (tertiary/aromatic N) is 3. The predicted octanol–water partition coefficient (Wildman–Crippen LogP) is 2.82. The third-order valence-corrected chi connectivity index (χ3v) is 3.79. The summed E-state index contributed by atoms with van der Waals surface area (Å²) in [7, 11) is 0. The monoisotopic (exact) mass is 374 g/mol. The number of halogens is 3. The standard InChI is InChI=1S/C17H9F3N4O3/c18-17(19,20)27-8-5-6-12-10(7-8)14(16(26)22-12)24-23-13-9-3-1-2-4-11(9)21-15(13)25/h1-7,22,26H. The van der Waals surface area contributed by atoms with Crippen LogP contribution in [0.2, 0.25) is 0 Å². The molecule has 0 radical (unpaired) electrons. The van der Waals surface area contributed by atoms with Gasteiger partial charge < -0.3 is 14.8 Å². The first-order valence-electron chi connectivity index (χ1n) is 7.56. The second-order valence-corrected chi connectivity index (χ2v) is 5.56. The molecule has 0 fully saturated rings. The lowest BCUT2D eigenvalue weighted by Crippen LogP contribution is -2.21. The fraction of sp³-hybridized carbons (Fsp3) is 0.0588. The number of alkyl halides is 3. The van der Waals surface area contributed by atoms with Crippen molar-refractivity contribution >= 4 is 28.2 Å². The van der Waals surface area contributed by atoms with E-state index in [9.17, 15) is 23.1 Å². The van der Waals surface area contributed by atoms with E-state index in [2.05, 4.69) is 24.9 Å². The van der Waals surface area contributed by atoms with E-state index >= 15 is 0 Å². The lowest BCUT2D eigenvalue weighted by molar-refractivity contribution is -0.274. The summed E-state index contributed by atoms with van der Waals surface area (Å²) < 4.78 is 41.1. The third kappa shape index (κ3) is 3.12. The number of carbonyl (C=O) groups excluding carboxylic acids is 1. The summed E-state index contributed by atoms with van der Waals surface area (Å²) >= 11 is 0. The number of nitrogens with one attached hydrogen (secondary N) is 1. The Morgan fingerprint density at radius 2 is 1.89 bits per heavy atom. The van der Waals surface area contributed by atoms with E-state index in [4.69, 9.17) is 0 Å². The molecule has 0 spiro atoms. The number of hydrogen-bond donors (Lipinski definition) is 2. The molecule has 3 aromatic rings. The summed E-state index contributed by atoms with van der Waals surface area (Å²) in [4.78, 5) is 18.4. The van der Waals surface area contributed by atoms with Gasteiger partial charge in [-0.25, -0.2) is 4.99 Å². The maximum atomic E-state index is 12.4. The van der Waals surface area contributed by atoms with Crippen LogP contribution in [0.25, 0.3) is 16.6 Å². The number of hydrogen-bond acceptors (Lipinski definition) is 5. The zero-order chi connectivity index (χ0) is 19.2. The number of ether oxygens (including phenoxy) is 1. The highest BCUT2D eigenvalue weighted by atomic mass is 19.4. The number of rotatable bonds is 3. The minimum atomic E-state index is -4.86. The molecule has 27 heavy (non-hydrogen) atoms. The second-order valence-electron chi connectivity index (χ2n) is 5.56. The van der Waals surface area contributed by atoms with Crippen LogP contribution in [0.3, 0.4) is 0 Å². The molecule has 2 N–H and O–H groups in total. The molecular weight excluding hydrogens is 365 g/mol. The van der Waals surface area contributed by atoms with E-state index in [1.54, 1.807) is 24.3 Å². The van der Waals surface area contributed by atoms with Gasteiger partial charge in [0.25, 0.3) is 5.91 Å². The molecule has 1 aromatic heterocycles. The van der Waals surface area contributed by atoms with Crippen molar-refractivity contribution in [3.8, 4) is 11.6 Å². The number of H-pyrrole nitrogens is 1. The van der Waals surface area contributed by atoms with Crippen LogP contribution in [0.5, 0.6) is 11.6 Å². The van der Waals surface area contributed by atoms with Crippen molar-refractivity contribution in [2.24, 2.45) is 15.2 Å². The van der Waals surface area contributed by atoms with Gasteiger partial charge in [-0.15, -0.1) is 23.4 Å². The van der Waals surface area contributed by atoms with Gasteiger partial charge in [-0.2, -0.15) is 0 Å². The highest BCUT2D eigenvalue weighted by molar-refractivity contribution is 6.14. The van der Waals surface area contributed by atoms with Crippen LogP contribution in [0.1, 0.15) is 0 Å². The van der Waals surface area contributed by atoms with Crippen LogP contribution >= 0.6 is 0 Å². The Kier molecular flexibility index (Phi) is 3.69. The molecule has 2 heterocycles. The quantitative estimate of drug-likeness (QED) is 0.690. The summed E-state index contributed by atoms with van der Waals surface area (Å²) in [6.45, 7) is 0. The Morgan fingerprint density at radius 1 is 1.11 bits per heavy atom. The number of amides is 1. The van der Waals surface area contributed by atoms with Crippen LogP contribution in [-0.2, 0) is 4.79 Å². The molecule has 2 aromatic carbocycles. The van der Waals surface area contributed by atoms with Gasteiger partial charge in [-0.05, 0) is 24.3 Å². The first-order chi connectivity index (χ1) is 12.8. The van der Waals surface area contributed by atoms with Crippen LogP contribution in [0.15, 0.2) is 57.7 Å². The van der Waals surface area contributed by atoms with E-state index in [1.165, 1.54) is 6.07 Å². The minimum absolute atomic E-state index is 0.0259. The van der Waals surface area contributed by atoms with Gasteiger partial charge in [-0.3, -0.25) is 4.79 Å². The zero-order valence-corrected chi connectivity index (χ0v) is 13.3. The largest absolute Gasteiger partial charge is 0.573 e. The number of aromatic nitrogens is 1. The predicted molar refractivity (Wildman–Crippen MR) is 86.8 cm³/mol. The van der Waals surface area contributed by atoms with Crippen molar-refractivity contribution < 1.29 is 27.8 Å². The zero-order valence-electron chi connectivity index (χ0n) is 13.3. The fourth-order valence-corrected chi connectivity index (χ4v) is 2.69. The minimum Gasteiger partial charge on any atom is -0.493 e. The van der Waals surface area contributed by atoms with E-state index in [1.807, 2.05) is 0 Å². The smallest absolute Gasteiger partial charge is 0.493 e. The van der Waals surface area contributed by atoms with Gasteiger partial charge in [0.1, 0.15) is 5.75 Å². The number of para-hydroxylation sites is 1. The van der Waals surface area contributed by atoms with Gasteiger partial charge in [0, 0.05) is 10.6 Å². The number of azo groups is 1. The van der Waals surface area contributed by atoms with Gasteiger partial charge >= 0.3 is 6.36 Å². The van der Waals surface area contributed by atoms with Crippen molar-refractivity contribution in [1.82, 2.24) is 4.98 Å². The SMILES string of the molecule is O=C1N=c2ccccc2=C1N=Nc1c(O)[nH]c2ccc(OC(F)(F)F)cc12. The van der Waals surface area contributed by atoms with Crippen LogP contribution in [-0.4, -0.2) is 22.4 Å². The maximum Gasteiger partial charge on any atom is 0.573 e. The number of carbonyl (C=O) groups is 1. The molecule has 7 nitrogen and oxygen atoms in total. The van der Waals surface area contributed by atoms with Crippen LogP contribution in [0, 0.1) is 0 Å². The normalized spacial score (nSPS) is 14.0. The summed E-state index contributed by atoms with van der Waals surface area (Å²) in [5.74, 6) is -1.48. The van der Waals surface area contributed by atoms with Crippen molar-refractivity contribution in [2.45, 2.75) is 6.36 Å². The highest BCUT2D eigenvalue weighted by Crippen LogP contribution is 2.38. The van der Waals surface area contributed by atoms with Gasteiger partial charge in [0.05, 0.1) is 10.9 Å². The number of aromatic amines is 1. The third-order valence-electron chi connectivity index (χ3n) is 3.79. The molecule has 1 aliphatic heterocycles. The average molecular weight is 374 g/mol. The Bertz CT molecular complexity index is 1230. The summed E-state index contributed by atoms with van der Waals surface area (Å²) in [6.07, 6.45) is -4.86. The molecule has 0 bridgehead atoms. The lowest BCUT2D eigenvalue weighted by Gasteiger charge is -2.08. The van der Waals surface area contributed by atoms with Crippen molar-refractivity contribution in [3.05, 3.63) is 53.0 Å². The molecular formula is C17H9F3N4O3. The van der Waals surface area contributed by atoms with Crippen molar-refractivity contribution in [3.63, 3.8) is 0 Å². The van der Waals surface area contributed by atoms with Gasteiger partial charge in [0.2, 0.25) is 5.88 Å². The lowest BCUT2D eigenvalue weighted by atomic mass is 10.2. The molecule has 10 heteroatoms. The van der Waals surface area contributed by atoms with Crippen molar-refractivity contribution in [1.29, 1.82) is 0 Å². The molecule has 0 unspecified atom stereocenters. The van der Waals surface area contributed by atoms with Gasteiger partial charge in [0.15, 0.2) is 11.4 Å². The molecule has 1 amide bonds. The maximum absolute atomic E-state index is 12.4. The first-order valence-corrected chi connectivity index (χ1v) is 7.56. The molecule has 136 valence electrons. The van der Waals surface area contributed by atoms with E-state index in [-0.39, 0.29) is 16.8 Å². The Hall–Kier alpha value is -3.69. The number of aromatic hydroxyl groups is 1. The molecule has 1 aliphatic rings. The van der Waals surface area contributed by atoms with Crippen LogP contribution < -0.4 is 15.3 Å². The fourth-order valence-electron chi connectivity index (χ4n) is 2.69. The van der Waals surface area contributed by atoms with E-state index in [0.717, 1.165) is 12.1 Å². The summed E-state index contributed by atoms with van der Waals surface area (Å²) in [5.41, 5.74) is 0.174. The van der Waals surface area contributed by atoms with Gasteiger partial charge in [-0.1, -0.05) is 18.2 Å². The number of fused-ring (bicyclic) bond motifs is 2. The van der Waals surface area contributed by atoms with E-state index in [0.29, 0.717) is 16.1 Å². The molecule has 0 aliphatic carbocycles. The average Bonchev–Trinajstić information content (AvgIpc) is 3.07. The Morgan fingerprint density at radius 3 is 2.67 bits per heavy atom. The molecule has 0 saturated heterocycles. The Balaban J connectivity index is 1.79. The second kappa shape index (κ2) is 5.94. The van der Waals surface area contributed by atoms with Crippen LogP contribution in [0.4, 0.5) is 18.9 Å². The Labute approximate surface area is 148 Å². The summed E-state index contributed by atoms with van der Waals surface area (Å²) in [6, 6.07) is 10.1. The molecule has 4 rings (SSSR count). The highest BCUT2D eigenvalue weighted by Gasteiger charge is 2.31. The molecule has 0 saturated carbocycles. The number of benzene rings is 2.